The van der Waals surface area contributed by atoms with Crippen molar-refractivity contribution in [3.8, 4) is 0 Å². The summed E-state index contributed by atoms with van der Waals surface area (Å²) in [7, 11) is 1.32. The molecule has 0 aliphatic heterocycles. The third-order valence-electron chi connectivity index (χ3n) is 8.57. The minimum absolute atomic E-state index is 0.0143. The SMILES string of the molecule is CC/C=C\C/C=C\C/C=C\C/C=C\C[C@H](O)[C@@H](O)CCCC(=O)OC[C@H](COP(=O)(O)OCC[N+](C)(C)C)OC(=O)CCCCCCCCCCCCC. The van der Waals surface area contributed by atoms with Gasteiger partial charge in [0.1, 0.15) is 19.8 Å². The molecule has 0 saturated heterocycles. The second kappa shape index (κ2) is 34.2. The molecule has 0 bridgehead atoms. The number of rotatable bonds is 36. The molecule has 1 unspecified atom stereocenters. The van der Waals surface area contributed by atoms with Crippen LogP contribution < -0.4 is 0 Å². The van der Waals surface area contributed by atoms with E-state index in [2.05, 4.69) is 50.3 Å². The molecule has 0 aromatic heterocycles. The summed E-state index contributed by atoms with van der Waals surface area (Å²) < 4.78 is 34.0. The van der Waals surface area contributed by atoms with Gasteiger partial charge in [-0.15, -0.1) is 0 Å². The monoisotopic (exact) mass is 787 g/mol. The van der Waals surface area contributed by atoms with Crippen molar-refractivity contribution in [3.63, 3.8) is 0 Å². The highest BCUT2D eigenvalue weighted by Crippen LogP contribution is 2.43. The predicted molar refractivity (Wildman–Crippen MR) is 218 cm³/mol. The van der Waals surface area contributed by atoms with Gasteiger partial charge >= 0.3 is 19.8 Å². The molecule has 0 rings (SSSR count). The Balaban J connectivity index is 4.64. The third kappa shape index (κ3) is 35.6. The number of phosphoric ester groups is 1. The lowest BCUT2D eigenvalue weighted by molar-refractivity contribution is -0.870. The Morgan fingerprint density at radius 1 is 0.648 bits per heavy atom. The van der Waals surface area contributed by atoms with Crippen LogP contribution in [0.15, 0.2) is 48.6 Å². The summed E-state index contributed by atoms with van der Waals surface area (Å²) in [4.78, 5) is 35.3. The first-order valence-electron chi connectivity index (χ1n) is 20.5. The maximum Gasteiger partial charge on any atom is 0.472 e. The fourth-order valence-corrected chi connectivity index (χ4v) is 5.96. The van der Waals surface area contributed by atoms with Crippen LogP contribution in [-0.2, 0) is 32.7 Å². The van der Waals surface area contributed by atoms with Crippen molar-refractivity contribution in [1.29, 1.82) is 0 Å². The molecule has 0 radical (unpaired) electrons. The van der Waals surface area contributed by atoms with Crippen LogP contribution in [0.3, 0.4) is 0 Å². The predicted octanol–water partition coefficient (Wildman–Crippen LogP) is 9.07. The van der Waals surface area contributed by atoms with E-state index in [1.165, 1.54) is 44.9 Å². The van der Waals surface area contributed by atoms with Crippen LogP contribution in [0.1, 0.15) is 142 Å². The molecule has 0 aromatic rings. The molecule has 314 valence electrons. The molecular weight excluding hydrogens is 709 g/mol. The summed E-state index contributed by atoms with van der Waals surface area (Å²) in [6, 6.07) is 0. The van der Waals surface area contributed by atoms with Crippen LogP contribution in [0.25, 0.3) is 0 Å². The number of aliphatic hydroxyl groups excluding tert-OH is 2. The first-order chi connectivity index (χ1) is 25.8. The van der Waals surface area contributed by atoms with Crippen molar-refractivity contribution in [1.82, 2.24) is 0 Å². The van der Waals surface area contributed by atoms with Crippen LogP contribution in [0, 0.1) is 0 Å². The summed E-state index contributed by atoms with van der Waals surface area (Å²) >= 11 is 0. The van der Waals surface area contributed by atoms with Gasteiger partial charge in [0, 0.05) is 12.8 Å². The maximum absolute atomic E-state index is 12.6. The second-order valence-corrected chi connectivity index (χ2v) is 16.4. The van der Waals surface area contributed by atoms with Gasteiger partial charge in [-0.2, -0.15) is 0 Å². The fourth-order valence-electron chi connectivity index (χ4n) is 5.22. The van der Waals surface area contributed by atoms with Crippen LogP contribution in [0.2, 0.25) is 0 Å². The average Bonchev–Trinajstić information content (AvgIpc) is 3.11. The number of quaternary nitrogens is 1. The van der Waals surface area contributed by atoms with E-state index in [1.807, 2.05) is 33.3 Å². The molecule has 0 fully saturated rings. The van der Waals surface area contributed by atoms with E-state index < -0.39 is 44.7 Å². The van der Waals surface area contributed by atoms with Crippen molar-refractivity contribution < 1.29 is 52.3 Å². The molecule has 3 N–H and O–H groups in total. The van der Waals surface area contributed by atoms with E-state index in [-0.39, 0.29) is 38.9 Å². The highest BCUT2D eigenvalue weighted by molar-refractivity contribution is 7.47. The molecule has 0 aromatic carbocycles. The highest BCUT2D eigenvalue weighted by Gasteiger charge is 2.27. The Labute approximate surface area is 328 Å². The zero-order valence-corrected chi connectivity index (χ0v) is 35.3. The Morgan fingerprint density at radius 2 is 1.17 bits per heavy atom. The minimum Gasteiger partial charge on any atom is -0.462 e. The van der Waals surface area contributed by atoms with Crippen molar-refractivity contribution in [2.24, 2.45) is 0 Å². The summed E-state index contributed by atoms with van der Waals surface area (Å²) in [6.45, 7) is 3.94. The fraction of sp³-hybridized carbons (Fsp3) is 0.762. The zero-order chi connectivity index (χ0) is 40.3. The van der Waals surface area contributed by atoms with Gasteiger partial charge in [0.2, 0.25) is 0 Å². The second-order valence-electron chi connectivity index (χ2n) is 15.0. The van der Waals surface area contributed by atoms with E-state index in [1.54, 1.807) is 0 Å². The van der Waals surface area contributed by atoms with E-state index in [0.29, 0.717) is 23.9 Å². The minimum atomic E-state index is -4.44. The molecule has 4 atom stereocenters. The van der Waals surface area contributed by atoms with Gasteiger partial charge in [0.15, 0.2) is 6.10 Å². The molecule has 0 heterocycles. The molecule has 0 amide bonds. The van der Waals surface area contributed by atoms with Crippen LogP contribution >= 0.6 is 7.82 Å². The van der Waals surface area contributed by atoms with Gasteiger partial charge < -0.3 is 29.1 Å². The molecule has 54 heavy (non-hydrogen) atoms. The number of nitrogens with zero attached hydrogens (tertiary/aromatic N) is 1. The van der Waals surface area contributed by atoms with Crippen LogP contribution in [0.5, 0.6) is 0 Å². The number of ether oxygens (including phenoxy) is 2. The number of carbonyl (C=O) groups excluding carboxylic acids is 2. The molecule has 0 aliphatic carbocycles. The lowest BCUT2D eigenvalue weighted by atomic mass is 10.0. The molecule has 0 aliphatic rings. The van der Waals surface area contributed by atoms with Gasteiger partial charge in [-0.25, -0.2) is 4.57 Å². The van der Waals surface area contributed by atoms with Crippen molar-refractivity contribution >= 4 is 19.8 Å². The number of likely N-dealkylation sites (N-methyl/N-ethyl adjacent to an activating group) is 1. The van der Waals surface area contributed by atoms with Crippen LogP contribution in [-0.4, -0.2) is 97.3 Å². The smallest absolute Gasteiger partial charge is 0.462 e. The normalized spacial score (nSPS) is 15.3. The number of carbonyl (C=O) groups is 2. The Bertz CT molecular complexity index is 1100. The molecule has 0 spiro atoms. The van der Waals surface area contributed by atoms with Gasteiger partial charge in [-0.05, 0) is 51.4 Å². The van der Waals surface area contributed by atoms with E-state index in [4.69, 9.17) is 18.5 Å². The largest absolute Gasteiger partial charge is 0.472 e. The third-order valence-corrected chi connectivity index (χ3v) is 9.56. The number of aliphatic hydroxyl groups is 2. The van der Waals surface area contributed by atoms with E-state index >= 15 is 0 Å². The first kappa shape index (κ1) is 51.9. The molecule has 0 saturated carbocycles. The van der Waals surface area contributed by atoms with Gasteiger partial charge in [0.25, 0.3) is 0 Å². The molecule has 12 heteroatoms. The Morgan fingerprint density at radius 3 is 1.72 bits per heavy atom. The molecular formula is C42H77NO10P+. The molecule has 11 nitrogen and oxygen atoms in total. The first-order valence-corrected chi connectivity index (χ1v) is 22.0. The van der Waals surface area contributed by atoms with E-state index in [9.17, 15) is 29.3 Å². The maximum atomic E-state index is 12.6. The van der Waals surface area contributed by atoms with Crippen molar-refractivity contribution in [2.45, 2.75) is 161 Å². The lowest BCUT2D eigenvalue weighted by Gasteiger charge is -2.24. The van der Waals surface area contributed by atoms with E-state index in [0.717, 1.165) is 44.9 Å². The van der Waals surface area contributed by atoms with Gasteiger partial charge in [0.05, 0.1) is 40.0 Å². The lowest BCUT2D eigenvalue weighted by Crippen LogP contribution is -2.37. The summed E-state index contributed by atoms with van der Waals surface area (Å²) in [6.07, 6.45) is 30.6. The van der Waals surface area contributed by atoms with Crippen LogP contribution in [0.4, 0.5) is 0 Å². The van der Waals surface area contributed by atoms with Gasteiger partial charge in [-0.3, -0.25) is 18.6 Å². The number of unbranched alkanes of at least 4 members (excludes halogenated alkanes) is 10. The zero-order valence-electron chi connectivity index (χ0n) is 34.4. The number of esters is 2. The highest BCUT2D eigenvalue weighted by atomic mass is 31.2. The Hall–Kier alpha value is -2.11. The topological polar surface area (TPSA) is 149 Å². The quantitative estimate of drug-likeness (QED) is 0.0185. The number of hydrogen-bond donors (Lipinski definition) is 3. The summed E-state index contributed by atoms with van der Waals surface area (Å²) in [5, 5.41) is 20.7. The number of hydrogen-bond acceptors (Lipinski definition) is 9. The van der Waals surface area contributed by atoms with Crippen molar-refractivity contribution in [2.75, 3.05) is 47.5 Å². The summed E-state index contributed by atoms with van der Waals surface area (Å²) in [5.74, 6) is -1.09. The number of phosphoric acid groups is 1. The average molecular weight is 787 g/mol. The number of allylic oxidation sites excluding steroid dienone is 7. The summed E-state index contributed by atoms with van der Waals surface area (Å²) in [5.41, 5.74) is 0. The van der Waals surface area contributed by atoms with Crippen molar-refractivity contribution in [3.05, 3.63) is 48.6 Å². The van der Waals surface area contributed by atoms with Gasteiger partial charge in [-0.1, -0.05) is 127 Å². The Kier molecular flexibility index (Phi) is 32.8. The standard InChI is InChI=1S/C42H76NO10P/c1-6-8-10-12-14-16-18-20-21-23-25-27-30-39(44)40(45)31-29-33-41(46)50-36-38(37-52-54(48,49)51-35-34-43(3,4)5)53-42(47)32-28-26-24-22-19-17-15-13-11-9-7-2/h8,10,14,16,20-21,25,27,38-40,44-45H,6-7,9,11-13,15,17-19,22-24,26,28-37H2,1-5H3/p+1/b10-8-,16-14-,21-20-,27-25-/t38-,39+,40+/m1/s1.